The maximum absolute atomic E-state index is 12.1. The summed E-state index contributed by atoms with van der Waals surface area (Å²) in [6.45, 7) is 1.18. The van der Waals surface area contributed by atoms with Gasteiger partial charge in [0.05, 0.1) is 17.7 Å². The molecule has 3 aromatic rings. The van der Waals surface area contributed by atoms with Crippen molar-refractivity contribution >= 4 is 23.2 Å². The number of carbonyl (C=O) groups is 1. The van der Waals surface area contributed by atoms with E-state index in [9.17, 15) is 14.9 Å². The van der Waals surface area contributed by atoms with E-state index >= 15 is 0 Å². The van der Waals surface area contributed by atoms with Crippen LogP contribution in [-0.4, -0.2) is 36.9 Å². The number of hydrogen-bond acceptors (Lipinski definition) is 8. The van der Waals surface area contributed by atoms with Crippen LogP contribution in [-0.2, 0) is 17.8 Å². The fourth-order valence-electron chi connectivity index (χ4n) is 2.61. The van der Waals surface area contributed by atoms with Crippen molar-refractivity contribution in [2.24, 2.45) is 0 Å². The van der Waals surface area contributed by atoms with E-state index in [0.29, 0.717) is 19.5 Å². The molecule has 0 spiro atoms. The zero-order valence-electron chi connectivity index (χ0n) is 15.5. The van der Waals surface area contributed by atoms with E-state index in [4.69, 9.17) is 0 Å². The Bertz CT molecular complexity index is 947. The normalized spacial score (nSPS) is 10.3. The van der Waals surface area contributed by atoms with Gasteiger partial charge in [-0.05, 0) is 12.0 Å². The summed E-state index contributed by atoms with van der Waals surface area (Å²) in [7, 11) is 0. The van der Waals surface area contributed by atoms with E-state index in [1.807, 2.05) is 41.1 Å². The van der Waals surface area contributed by atoms with Crippen molar-refractivity contribution in [2.45, 2.75) is 19.4 Å². The molecule has 0 fully saturated rings. The number of rotatable bonds is 10. The fourth-order valence-corrected chi connectivity index (χ4v) is 2.61. The lowest BCUT2D eigenvalue weighted by molar-refractivity contribution is -0.383. The standard InChI is InChI=1S/C18H20N8O3/c27-15(11-14-5-2-1-3-6-14)23-24-18-16(26(28)29)17(21-12-22-18)20-7-4-9-25-10-8-19-13-25/h1-3,5-6,8,10,12-13H,4,7,9,11H2,(H,23,27)(H2,20,21,22,24). The maximum atomic E-state index is 12.1. The van der Waals surface area contributed by atoms with Crippen LogP contribution in [0, 0.1) is 10.1 Å². The van der Waals surface area contributed by atoms with Crippen LogP contribution in [0.2, 0.25) is 0 Å². The number of nitrogens with one attached hydrogen (secondary N) is 3. The zero-order valence-corrected chi connectivity index (χ0v) is 15.5. The quantitative estimate of drug-likeness (QED) is 0.268. The van der Waals surface area contributed by atoms with Crippen LogP contribution in [0.3, 0.4) is 0 Å². The van der Waals surface area contributed by atoms with Crippen LogP contribution in [0.4, 0.5) is 17.3 Å². The molecule has 150 valence electrons. The SMILES string of the molecule is O=C(Cc1ccccc1)NNc1ncnc(NCCCn2ccnc2)c1[N+](=O)[O-]. The van der Waals surface area contributed by atoms with Crippen molar-refractivity contribution in [3.8, 4) is 0 Å². The van der Waals surface area contributed by atoms with Crippen molar-refractivity contribution in [3.05, 3.63) is 71.1 Å². The number of aromatic nitrogens is 4. The van der Waals surface area contributed by atoms with Gasteiger partial charge in [0.1, 0.15) is 6.33 Å². The van der Waals surface area contributed by atoms with Crippen LogP contribution in [0.15, 0.2) is 55.4 Å². The molecule has 29 heavy (non-hydrogen) atoms. The topological polar surface area (TPSA) is 140 Å². The van der Waals surface area contributed by atoms with E-state index in [-0.39, 0.29) is 29.7 Å². The third-order valence-corrected chi connectivity index (χ3v) is 3.98. The van der Waals surface area contributed by atoms with Crippen LogP contribution in [0.1, 0.15) is 12.0 Å². The molecule has 3 N–H and O–H groups in total. The summed E-state index contributed by atoms with van der Waals surface area (Å²) in [5.74, 6) is -0.363. The van der Waals surface area contributed by atoms with Gasteiger partial charge in [-0.25, -0.2) is 15.0 Å². The lowest BCUT2D eigenvalue weighted by atomic mass is 10.1. The largest absolute Gasteiger partial charge is 0.364 e. The van der Waals surface area contributed by atoms with Crippen LogP contribution < -0.4 is 16.2 Å². The summed E-state index contributed by atoms with van der Waals surface area (Å²) in [6, 6.07) is 9.15. The zero-order chi connectivity index (χ0) is 20.5. The fraction of sp³-hybridized carbons (Fsp3) is 0.222. The molecule has 0 unspecified atom stereocenters. The molecule has 3 rings (SSSR count). The minimum Gasteiger partial charge on any atom is -0.364 e. The summed E-state index contributed by atoms with van der Waals surface area (Å²) < 4.78 is 1.91. The van der Waals surface area contributed by atoms with Gasteiger partial charge in [-0.1, -0.05) is 30.3 Å². The molecular weight excluding hydrogens is 376 g/mol. The van der Waals surface area contributed by atoms with Crippen molar-refractivity contribution in [2.75, 3.05) is 17.3 Å². The highest BCUT2D eigenvalue weighted by Gasteiger charge is 2.23. The average molecular weight is 396 g/mol. The van der Waals surface area contributed by atoms with E-state index in [0.717, 1.165) is 5.56 Å². The first-order valence-corrected chi connectivity index (χ1v) is 8.91. The van der Waals surface area contributed by atoms with Gasteiger partial charge in [-0.2, -0.15) is 0 Å². The van der Waals surface area contributed by atoms with Crippen LogP contribution >= 0.6 is 0 Å². The molecule has 0 radical (unpaired) electrons. The molecule has 0 bridgehead atoms. The molecule has 0 atom stereocenters. The molecule has 0 saturated heterocycles. The number of anilines is 2. The van der Waals surface area contributed by atoms with Gasteiger partial charge in [0.15, 0.2) is 0 Å². The second-order valence-corrected chi connectivity index (χ2v) is 6.09. The predicted octanol–water partition coefficient (Wildman–Crippen LogP) is 1.77. The lowest BCUT2D eigenvalue weighted by Crippen LogP contribution is -2.31. The summed E-state index contributed by atoms with van der Waals surface area (Å²) in [5, 5.41) is 14.5. The number of nitrogens with zero attached hydrogens (tertiary/aromatic N) is 5. The predicted molar refractivity (Wildman–Crippen MR) is 106 cm³/mol. The van der Waals surface area contributed by atoms with E-state index in [2.05, 4.69) is 31.1 Å². The maximum Gasteiger partial charge on any atom is 0.354 e. The second kappa shape index (κ2) is 9.78. The molecule has 2 heterocycles. The third kappa shape index (κ3) is 5.73. The minimum absolute atomic E-state index is 0.0791. The third-order valence-electron chi connectivity index (χ3n) is 3.98. The van der Waals surface area contributed by atoms with Crippen LogP contribution in [0.25, 0.3) is 0 Å². The van der Waals surface area contributed by atoms with Crippen molar-refractivity contribution < 1.29 is 9.72 Å². The molecule has 0 aliphatic rings. The Hall–Kier alpha value is -4.02. The molecule has 2 aromatic heterocycles. The van der Waals surface area contributed by atoms with E-state index < -0.39 is 4.92 Å². The number of amides is 1. The van der Waals surface area contributed by atoms with Crippen molar-refractivity contribution in [3.63, 3.8) is 0 Å². The average Bonchev–Trinajstić information content (AvgIpc) is 3.24. The number of hydrogen-bond donors (Lipinski definition) is 3. The molecule has 1 aromatic carbocycles. The Morgan fingerprint density at radius 2 is 1.97 bits per heavy atom. The van der Waals surface area contributed by atoms with Gasteiger partial charge in [0.25, 0.3) is 0 Å². The Labute approximate surface area is 166 Å². The first-order chi connectivity index (χ1) is 14.1. The monoisotopic (exact) mass is 396 g/mol. The molecule has 0 aliphatic carbocycles. The number of carbonyl (C=O) groups excluding carboxylic acids is 1. The number of aryl methyl sites for hydroxylation is 1. The first-order valence-electron chi connectivity index (χ1n) is 8.91. The van der Waals surface area contributed by atoms with Crippen molar-refractivity contribution in [1.29, 1.82) is 0 Å². The summed E-state index contributed by atoms with van der Waals surface area (Å²) in [4.78, 5) is 34.8. The summed E-state index contributed by atoms with van der Waals surface area (Å²) >= 11 is 0. The van der Waals surface area contributed by atoms with Gasteiger partial charge in [-0.15, -0.1) is 0 Å². The molecule has 11 nitrogen and oxygen atoms in total. The van der Waals surface area contributed by atoms with E-state index in [1.165, 1.54) is 6.33 Å². The number of imidazole rings is 1. The van der Waals surface area contributed by atoms with E-state index in [1.54, 1.807) is 12.5 Å². The van der Waals surface area contributed by atoms with Crippen molar-refractivity contribution in [1.82, 2.24) is 24.9 Å². The molecule has 11 heteroatoms. The first kappa shape index (κ1) is 19.7. The lowest BCUT2D eigenvalue weighted by Gasteiger charge is -2.11. The Balaban J connectivity index is 1.58. The molecular formula is C18H20N8O3. The number of hydrazine groups is 1. The highest BCUT2D eigenvalue weighted by atomic mass is 16.6. The highest BCUT2D eigenvalue weighted by molar-refractivity contribution is 5.80. The minimum atomic E-state index is -0.593. The smallest absolute Gasteiger partial charge is 0.354 e. The Kier molecular flexibility index (Phi) is 6.66. The number of nitro groups is 1. The van der Waals surface area contributed by atoms with Gasteiger partial charge < -0.3 is 9.88 Å². The Morgan fingerprint density at radius 1 is 1.17 bits per heavy atom. The molecule has 0 aliphatic heterocycles. The van der Waals surface area contributed by atoms with Gasteiger partial charge in [0, 0.05) is 25.5 Å². The summed E-state index contributed by atoms with van der Waals surface area (Å²) in [6.07, 6.45) is 7.27. The summed E-state index contributed by atoms with van der Waals surface area (Å²) in [5.41, 5.74) is 5.44. The molecule has 0 saturated carbocycles. The van der Waals surface area contributed by atoms with Gasteiger partial charge >= 0.3 is 5.69 Å². The highest BCUT2D eigenvalue weighted by Crippen LogP contribution is 2.28. The number of benzene rings is 1. The molecule has 1 amide bonds. The Morgan fingerprint density at radius 3 is 2.69 bits per heavy atom. The van der Waals surface area contributed by atoms with Gasteiger partial charge in [-0.3, -0.25) is 25.8 Å². The van der Waals surface area contributed by atoms with Gasteiger partial charge in [0.2, 0.25) is 17.5 Å². The second-order valence-electron chi connectivity index (χ2n) is 6.09. The van der Waals surface area contributed by atoms with Crippen LogP contribution in [0.5, 0.6) is 0 Å².